The Morgan fingerprint density at radius 2 is 2.03 bits per heavy atom. The summed E-state index contributed by atoms with van der Waals surface area (Å²) < 4.78 is 9.96. The Balaban J connectivity index is 1.49. The van der Waals surface area contributed by atoms with Gasteiger partial charge in [0.2, 0.25) is 5.91 Å². The zero-order valence-corrected chi connectivity index (χ0v) is 17.6. The Bertz CT molecular complexity index is 1030. The van der Waals surface area contributed by atoms with Crippen molar-refractivity contribution in [2.75, 3.05) is 23.0 Å². The predicted molar refractivity (Wildman–Crippen MR) is 111 cm³/mol. The molecule has 0 bridgehead atoms. The lowest BCUT2D eigenvalue weighted by molar-refractivity contribution is -0.113. The third-order valence-corrected chi connectivity index (χ3v) is 5.45. The highest BCUT2D eigenvalue weighted by molar-refractivity contribution is 7.99. The highest BCUT2D eigenvalue weighted by atomic mass is 32.2. The van der Waals surface area contributed by atoms with Crippen LogP contribution in [-0.4, -0.2) is 45.3 Å². The Labute approximate surface area is 179 Å². The predicted octanol–water partition coefficient (Wildman–Crippen LogP) is 2.99. The van der Waals surface area contributed by atoms with Crippen LogP contribution in [0.15, 0.2) is 40.0 Å². The van der Waals surface area contributed by atoms with Gasteiger partial charge in [-0.05, 0) is 38.1 Å². The zero-order chi connectivity index (χ0) is 21.5. The van der Waals surface area contributed by atoms with Gasteiger partial charge in [0, 0.05) is 0 Å². The molecule has 0 saturated heterocycles. The van der Waals surface area contributed by atoms with Gasteiger partial charge in [0.25, 0.3) is 5.91 Å². The summed E-state index contributed by atoms with van der Waals surface area (Å²) in [5, 5.41) is 13.9. The normalized spacial score (nSPS) is 10.5. The third kappa shape index (κ3) is 5.64. The maximum atomic E-state index is 12.1. The van der Waals surface area contributed by atoms with Crippen molar-refractivity contribution in [3.05, 3.63) is 46.9 Å². The molecule has 0 aliphatic rings. The molecule has 0 radical (unpaired) electrons. The first kappa shape index (κ1) is 21.5. The van der Waals surface area contributed by atoms with E-state index >= 15 is 0 Å². The number of nitrogens with one attached hydrogen (secondary N) is 2. The second-order valence-electron chi connectivity index (χ2n) is 5.68. The third-order valence-electron chi connectivity index (χ3n) is 3.48. The minimum atomic E-state index is -0.461. The highest BCUT2D eigenvalue weighted by Crippen LogP contribution is 2.24. The van der Waals surface area contributed by atoms with E-state index in [1.807, 2.05) is 0 Å². The molecule has 0 aliphatic carbocycles. The molecule has 0 unspecified atom stereocenters. The van der Waals surface area contributed by atoms with Crippen LogP contribution in [0.3, 0.4) is 0 Å². The fraction of sp³-hybridized carbons (Fsp3) is 0.222. The van der Waals surface area contributed by atoms with Crippen LogP contribution in [0.25, 0.3) is 0 Å². The number of anilines is 2. The maximum Gasteiger partial charge on any atom is 0.350 e. The van der Waals surface area contributed by atoms with Gasteiger partial charge in [-0.1, -0.05) is 23.1 Å². The number of amides is 2. The Kier molecular flexibility index (Phi) is 7.14. The molecule has 3 aromatic heterocycles. The average Bonchev–Trinajstić information content (AvgIpc) is 3.38. The van der Waals surface area contributed by atoms with Gasteiger partial charge in [-0.3, -0.25) is 9.59 Å². The molecule has 0 atom stereocenters. The number of carbonyl (C=O) groups excluding carboxylic acids is 3. The molecule has 30 heavy (non-hydrogen) atoms. The molecule has 0 aromatic carbocycles. The molecule has 2 amide bonds. The summed E-state index contributed by atoms with van der Waals surface area (Å²) in [5.74, 6) is -0.710. The summed E-state index contributed by atoms with van der Waals surface area (Å²) in [4.78, 5) is 40.4. The van der Waals surface area contributed by atoms with E-state index in [9.17, 15) is 14.4 Å². The summed E-state index contributed by atoms with van der Waals surface area (Å²) in [5.41, 5.74) is 0.499. The lowest BCUT2D eigenvalue weighted by atomic mass is 10.4. The quantitative estimate of drug-likeness (QED) is 0.394. The van der Waals surface area contributed by atoms with Gasteiger partial charge in [0.1, 0.15) is 9.90 Å². The number of hydrogen-bond donors (Lipinski definition) is 2. The number of aromatic nitrogens is 3. The van der Waals surface area contributed by atoms with E-state index in [4.69, 9.17) is 9.15 Å². The minimum absolute atomic E-state index is 0.0696. The van der Waals surface area contributed by atoms with E-state index in [0.717, 1.165) is 11.3 Å². The summed E-state index contributed by atoms with van der Waals surface area (Å²) in [6.45, 7) is 3.66. The van der Waals surface area contributed by atoms with Gasteiger partial charge in [-0.25, -0.2) is 9.78 Å². The molecule has 3 heterocycles. The molecule has 12 heteroatoms. The first-order chi connectivity index (χ1) is 14.5. The van der Waals surface area contributed by atoms with E-state index in [2.05, 4.69) is 25.8 Å². The van der Waals surface area contributed by atoms with Gasteiger partial charge < -0.3 is 19.8 Å². The standard InChI is InChI=1S/C18H17N5O5S2/c1-3-27-17(26)15-10(2)19-18(30-15)21-13(24)9-29-14-7-6-12(22-23-14)20-16(25)11-5-4-8-28-11/h4-8H,3,9H2,1-2H3,(H,19,21,24)(H,20,22,25). The molecule has 0 saturated carbocycles. The van der Waals surface area contributed by atoms with Gasteiger partial charge in [-0.2, -0.15) is 0 Å². The van der Waals surface area contributed by atoms with Gasteiger partial charge in [0.15, 0.2) is 16.7 Å². The average molecular weight is 447 g/mol. The van der Waals surface area contributed by atoms with Crippen LogP contribution in [0.1, 0.15) is 32.8 Å². The minimum Gasteiger partial charge on any atom is -0.462 e. The molecule has 3 aromatic rings. The number of carbonyl (C=O) groups is 3. The molecular weight excluding hydrogens is 430 g/mol. The maximum absolute atomic E-state index is 12.1. The molecular formula is C18H17N5O5S2. The van der Waals surface area contributed by atoms with Crippen LogP contribution >= 0.6 is 23.1 Å². The fourth-order valence-corrected chi connectivity index (χ4v) is 3.67. The van der Waals surface area contributed by atoms with Crippen molar-refractivity contribution in [1.82, 2.24) is 15.2 Å². The number of rotatable bonds is 8. The smallest absolute Gasteiger partial charge is 0.350 e. The molecule has 156 valence electrons. The van der Waals surface area contributed by atoms with E-state index < -0.39 is 11.9 Å². The summed E-state index contributed by atoms with van der Waals surface area (Å²) in [6, 6.07) is 6.35. The van der Waals surface area contributed by atoms with Crippen molar-refractivity contribution in [3.8, 4) is 0 Å². The topological polar surface area (TPSA) is 136 Å². The largest absolute Gasteiger partial charge is 0.462 e. The molecule has 10 nitrogen and oxygen atoms in total. The van der Waals surface area contributed by atoms with Crippen LogP contribution < -0.4 is 10.6 Å². The van der Waals surface area contributed by atoms with Crippen LogP contribution in [0, 0.1) is 6.92 Å². The van der Waals surface area contributed by atoms with Gasteiger partial charge in [0.05, 0.1) is 24.3 Å². The zero-order valence-electron chi connectivity index (χ0n) is 16.0. The lowest BCUT2D eigenvalue weighted by Gasteiger charge is -2.03. The van der Waals surface area contributed by atoms with Crippen molar-refractivity contribution in [3.63, 3.8) is 0 Å². The second kappa shape index (κ2) is 9.98. The Morgan fingerprint density at radius 3 is 2.70 bits per heavy atom. The number of furan rings is 1. The lowest BCUT2D eigenvalue weighted by Crippen LogP contribution is -2.14. The van der Waals surface area contributed by atoms with Gasteiger partial charge in [-0.15, -0.1) is 10.2 Å². The van der Waals surface area contributed by atoms with Crippen LogP contribution in [-0.2, 0) is 9.53 Å². The van der Waals surface area contributed by atoms with Gasteiger partial charge >= 0.3 is 5.97 Å². The van der Waals surface area contributed by atoms with Crippen LogP contribution in [0.2, 0.25) is 0 Å². The van der Waals surface area contributed by atoms with E-state index in [0.29, 0.717) is 20.7 Å². The van der Waals surface area contributed by atoms with Crippen molar-refractivity contribution < 1.29 is 23.5 Å². The Hall–Kier alpha value is -3.25. The highest BCUT2D eigenvalue weighted by Gasteiger charge is 2.17. The van der Waals surface area contributed by atoms with Crippen molar-refractivity contribution in [1.29, 1.82) is 0 Å². The van der Waals surface area contributed by atoms with E-state index in [-0.39, 0.29) is 29.8 Å². The molecule has 3 rings (SSSR count). The van der Waals surface area contributed by atoms with Crippen molar-refractivity contribution in [2.45, 2.75) is 18.9 Å². The van der Waals surface area contributed by atoms with Crippen molar-refractivity contribution in [2.24, 2.45) is 0 Å². The van der Waals surface area contributed by atoms with Crippen LogP contribution in [0.5, 0.6) is 0 Å². The SMILES string of the molecule is CCOC(=O)c1sc(NC(=O)CSc2ccc(NC(=O)c3ccco3)nn2)nc1C. The number of nitrogens with zero attached hydrogens (tertiary/aromatic N) is 3. The number of hydrogen-bond acceptors (Lipinski definition) is 10. The number of thioether (sulfide) groups is 1. The molecule has 0 fully saturated rings. The fourth-order valence-electron chi connectivity index (χ4n) is 2.18. The summed E-state index contributed by atoms with van der Waals surface area (Å²) >= 11 is 2.23. The number of esters is 1. The van der Waals surface area contributed by atoms with E-state index in [1.54, 1.807) is 32.0 Å². The summed E-state index contributed by atoms with van der Waals surface area (Å²) in [6.07, 6.45) is 1.40. The molecule has 2 N–H and O–H groups in total. The monoisotopic (exact) mass is 447 g/mol. The first-order valence-electron chi connectivity index (χ1n) is 8.72. The van der Waals surface area contributed by atoms with Crippen molar-refractivity contribution >= 4 is 51.8 Å². The van der Waals surface area contributed by atoms with Crippen LogP contribution in [0.4, 0.5) is 10.9 Å². The Morgan fingerprint density at radius 1 is 1.20 bits per heavy atom. The second-order valence-corrected chi connectivity index (χ2v) is 7.67. The molecule has 0 aliphatic heterocycles. The summed E-state index contributed by atoms with van der Waals surface area (Å²) in [7, 11) is 0. The first-order valence-corrected chi connectivity index (χ1v) is 10.5. The number of thiazole rings is 1. The molecule has 0 spiro atoms. The number of ether oxygens (including phenoxy) is 1. The van der Waals surface area contributed by atoms with E-state index in [1.165, 1.54) is 24.1 Å². The number of aryl methyl sites for hydroxylation is 1.